The Morgan fingerprint density at radius 2 is 2.13 bits per heavy atom. The smallest absolute Gasteiger partial charge is 0.364 e. The summed E-state index contributed by atoms with van der Waals surface area (Å²) in [7, 11) is 0. The molecule has 1 rings (SSSR count). The fourth-order valence-corrected chi connectivity index (χ4v) is 0.919. The first-order valence-corrected chi connectivity index (χ1v) is 4.56. The third-order valence-electron chi connectivity index (χ3n) is 1.75. The highest BCUT2D eigenvalue weighted by Gasteiger charge is 2.36. The number of rotatable bonds is 3. The highest BCUT2D eigenvalue weighted by molar-refractivity contribution is 6.29. The lowest BCUT2D eigenvalue weighted by molar-refractivity contribution is -0.217. The molecule has 0 spiro atoms. The first kappa shape index (κ1) is 12.3. The molecule has 0 fully saturated rings. The first-order chi connectivity index (χ1) is 6.89. The van der Waals surface area contributed by atoms with E-state index in [4.69, 9.17) is 11.6 Å². The topological polar surface area (TPSA) is 22.1 Å². The van der Waals surface area contributed by atoms with Crippen molar-refractivity contribution in [1.29, 1.82) is 0 Å². The Morgan fingerprint density at radius 1 is 1.47 bits per heavy atom. The minimum atomic E-state index is -4.33. The number of hydrogen-bond acceptors (Lipinski definition) is 2. The predicted octanol–water partition coefficient (Wildman–Crippen LogP) is 3.20. The monoisotopic (exact) mass is 239 g/mol. The van der Waals surface area contributed by atoms with Gasteiger partial charge in [0.2, 0.25) is 0 Å². The first-order valence-electron chi connectivity index (χ1n) is 4.18. The quantitative estimate of drug-likeness (QED) is 0.756. The molecule has 1 heterocycles. The van der Waals surface area contributed by atoms with E-state index in [1.807, 2.05) is 0 Å². The zero-order valence-electron chi connectivity index (χ0n) is 7.88. The summed E-state index contributed by atoms with van der Waals surface area (Å²) in [4.78, 5) is 3.72. The molecule has 1 aromatic rings. The van der Waals surface area contributed by atoms with Crippen LogP contribution in [0.1, 0.15) is 12.5 Å². The highest BCUT2D eigenvalue weighted by atomic mass is 35.5. The molecule has 0 bridgehead atoms. The van der Waals surface area contributed by atoms with E-state index in [1.165, 1.54) is 12.3 Å². The standard InChI is InChI=1S/C9H9ClF3NO/c1-6(9(11,12)13)15-5-7-2-3-8(10)14-4-7/h2-4,6H,5H2,1H3. The van der Waals surface area contributed by atoms with Crippen molar-refractivity contribution >= 4 is 11.6 Å². The van der Waals surface area contributed by atoms with Crippen molar-refractivity contribution in [2.45, 2.75) is 25.8 Å². The lowest BCUT2D eigenvalue weighted by atomic mass is 10.3. The van der Waals surface area contributed by atoms with E-state index >= 15 is 0 Å². The number of ether oxygens (including phenoxy) is 1. The molecule has 15 heavy (non-hydrogen) atoms. The van der Waals surface area contributed by atoms with Crippen LogP contribution in [0.15, 0.2) is 18.3 Å². The van der Waals surface area contributed by atoms with E-state index in [-0.39, 0.29) is 6.61 Å². The van der Waals surface area contributed by atoms with Crippen LogP contribution in [-0.4, -0.2) is 17.3 Å². The average molecular weight is 240 g/mol. The van der Waals surface area contributed by atoms with Gasteiger partial charge in [-0.25, -0.2) is 4.98 Å². The predicted molar refractivity (Wildman–Crippen MR) is 49.6 cm³/mol. The zero-order chi connectivity index (χ0) is 11.5. The summed E-state index contributed by atoms with van der Waals surface area (Å²) in [5, 5.41) is 0.294. The lowest BCUT2D eigenvalue weighted by Crippen LogP contribution is -2.28. The Bertz CT molecular complexity index is 312. The van der Waals surface area contributed by atoms with Crippen molar-refractivity contribution in [2.75, 3.05) is 0 Å². The molecule has 0 saturated carbocycles. The molecular weight excluding hydrogens is 231 g/mol. The van der Waals surface area contributed by atoms with Crippen molar-refractivity contribution < 1.29 is 17.9 Å². The minimum absolute atomic E-state index is 0.134. The molecule has 2 nitrogen and oxygen atoms in total. The van der Waals surface area contributed by atoms with Gasteiger partial charge in [-0.3, -0.25) is 0 Å². The molecule has 0 N–H and O–H groups in total. The van der Waals surface area contributed by atoms with Gasteiger partial charge in [0.05, 0.1) is 6.61 Å². The number of aromatic nitrogens is 1. The second-order valence-electron chi connectivity index (χ2n) is 2.98. The zero-order valence-corrected chi connectivity index (χ0v) is 8.64. The van der Waals surface area contributed by atoms with E-state index in [2.05, 4.69) is 9.72 Å². The van der Waals surface area contributed by atoms with E-state index < -0.39 is 12.3 Å². The Kier molecular flexibility index (Phi) is 3.93. The fraction of sp³-hybridized carbons (Fsp3) is 0.444. The average Bonchev–Trinajstić information content (AvgIpc) is 2.15. The van der Waals surface area contributed by atoms with Gasteiger partial charge in [0.15, 0.2) is 6.10 Å². The number of alkyl halides is 3. The molecule has 0 aliphatic heterocycles. The number of nitrogens with zero attached hydrogens (tertiary/aromatic N) is 1. The number of pyridine rings is 1. The maximum atomic E-state index is 12.1. The maximum absolute atomic E-state index is 12.1. The van der Waals surface area contributed by atoms with E-state index in [1.54, 1.807) is 6.07 Å². The third-order valence-corrected chi connectivity index (χ3v) is 1.97. The van der Waals surface area contributed by atoms with Gasteiger partial charge in [-0.05, 0) is 18.6 Å². The molecular formula is C9H9ClF3NO. The van der Waals surface area contributed by atoms with Crippen molar-refractivity contribution in [3.63, 3.8) is 0 Å². The summed E-state index contributed by atoms with van der Waals surface area (Å²) in [6.07, 6.45) is -4.74. The molecule has 0 aliphatic rings. The summed E-state index contributed by atoms with van der Waals surface area (Å²) in [6, 6.07) is 3.07. The van der Waals surface area contributed by atoms with Crippen LogP contribution >= 0.6 is 11.6 Å². The largest absolute Gasteiger partial charge is 0.414 e. The summed E-state index contributed by atoms with van der Waals surface area (Å²) in [6.45, 7) is 0.828. The lowest BCUT2D eigenvalue weighted by Gasteiger charge is -2.16. The van der Waals surface area contributed by atoms with E-state index in [0.29, 0.717) is 10.7 Å². The van der Waals surface area contributed by atoms with Gasteiger partial charge in [-0.2, -0.15) is 13.2 Å². The van der Waals surface area contributed by atoms with Gasteiger partial charge in [-0.1, -0.05) is 17.7 Å². The second-order valence-corrected chi connectivity index (χ2v) is 3.37. The molecule has 0 aliphatic carbocycles. The van der Waals surface area contributed by atoms with Crippen LogP contribution in [-0.2, 0) is 11.3 Å². The van der Waals surface area contributed by atoms with Crippen LogP contribution in [0.5, 0.6) is 0 Å². The third kappa shape index (κ3) is 4.05. The fourth-order valence-electron chi connectivity index (χ4n) is 0.808. The van der Waals surface area contributed by atoms with Crippen LogP contribution in [0.2, 0.25) is 5.15 Å². The molecule has 0 aromatic carbocycles. The van der Waals surface area contributed by atoms with Crippen LogP contribution in [0, 0.1) is 0 Å². The van der Waals surface area contributed by atoms with Gasteiger partial charge in [0, 0.05) is 6.20 Å². The summed E-state index contributed by atoms with van der Waals surface area (Å²) in [5.41, 5.74) is 0.551. The van der Waals surface area contributed by atoms with Crippen molar-refractivity contribution in [2.24, 2.45) is 0 Å². The van der Waals surface area contributed by atoms with Crippen molar-refractivity contribution in [1.82, 2.24) is 4.98 Å². The molecule has 1 atom stereocenters. The summed E-state index contributed by atoms with van der Waals surface area (Å²) >= 11 is 5.52. The molecule has 0 saturated heterocycles. The van der Waals surface area contributed by atoms with Crippen molar-refractivity contribution in [3.05, 3.63) is 29.0 Å². The van der Waals surface area contributed by atoms with Crippen molar-refractivity contribution in [3.8, 4) is 0 Å². The SMILES string of the molecule is CC(OCc1ccc(Cl)nc1)C(F)(F)F. The number of hydrogen-bond donors (Lipinski definition) is 0. The molecule has 0 amide bonds. The molecule has 84 valence electrons. The van der Waals surface area contributed by atoms with Crippen LogP contribution in [0.3, 0.4) is 0 Å². The van der Waals surface area contributed by atoms with Gasteiger partial charge in [0.1, 0.15) is 5.15 Å². The minimum Gasteiger partial charge on any atom is -0.364 e. The molecule has 1 aromatic heterocycles. The van der Waals surface area contributed by atoms with Gasteiger partial charge in [0.25, 0.3) is 0 Å². The van der Waals surface area contributed by atoms with E-state index in [0.717, 1.165) is 6.92 Å². The maximum Gasteiger partial charge on any atom is 0.414 e. The Hall–Kier alpha value is -0.810. The van der Waals surface area contributed by atoms with Gasteiger partial charge in [-0.15, -0.1) is 0 Å². The Morgan fingerprint density at radius 3 is 2.60 bits per heavy atom. The Labute approximate surface area is 90.0 Å². The van der Waals surface area contributed by atoms with Gasteiger partial charge >= 0.3 is 6.18 Å². The highest BCUT2D eigenvalue weighted by Crippen LogP contribution is 2.23. The van der Waals surface area contributed by atoms with Crippen LogP contribution in [0.25, 0.3) is 0 Å². The van der Waals surface area contributed by atoms with Crippen LogP contribution in [0.4, 0.5) is 13.2 Å². The summed E-state index contributed by atoms with van der Waals surface area (Å²) in [5.74, 6) is 0. The molecule has 0 radical (unpaired) electrons. The molecule has 6 heteroatoms. The second kappa shape index (κ2) is 4.81. The van der Waals surface area contributed by atoms with Gasteiger partial charge < -0.3 is 4.74 Å². The van der Waals surface area contributed by atoms with E-state index in [9.17, 15) is 13.2 Å². The normalized spacial score (nSPS) is 13.9. The Balaban J connectivity index is 2.47. The molecule has 1 unspecified atom stereocenters. The van der Waals surface area contributed by atoms with Crippen LogP contribution < -0.4 is 0 Å². The summed E-state index contributed by atoms with van der Waals surface area (Å²) < 4.78 is 40.8. The number of halogens is 4.